The van der Waals surface area contributed by atoms with Crippen LogP contribution in [-0.2, 0) is 17.9 Å². The predicted molar refractivity (Wildman–Crippen MR) is 117 cm³/mol. The molecule has 0 aliphatic carbocycles. The molecular formula is C23H26N6O2. The lowest BCUT2D eigenvalue weighted by atomic mass is 10.2. The van der Waals surface area contributed by atoms with Crippen LogP contribution in [0.15, 0.2) is 54.9 Å². The van der Waals surface area contributed by atoms with E-state index >= 15 is 0 Å². The number of pyridine rings is 1. The fraction of sp³-hybridized carbons (Fsp3) is 0.304. The van der Waals surface area contributed by atoms with Gasteiger partial charge < -0.3 is 9.64 Å². The van der Waals surface area contributed by atoms with Gasteiger partial charge in [0.05, 0.1) is 6.54 Å². The van der Waals surface area contributed by atoms with Crippen molar-refractivity contribution in [3.63, 3.8) is 0 Å². The van der Waals surface area contributed by atoms with E-state index in [4.69, 9.17) is 4.74 Å². The summed E-state index contributed by atoms with van der Waals surface area (Å²) in [4.78, 5) is 25.1. The van der Waals surface area contributed by atoms with E-state index in [0.29, 0.717) is 26.2 Å². The van der Waals surface area contributed by atoms with Crippen molar-refractivity contribution in [2.75, 3.05) is 26.2 Å². The highest BCUT2D eigenvalue weighted by atomic mass is 16.5. The fourth-order valence-electron chi connectivity index (χ4n) is 3.38. The van der Waals surface area contributed by atoms with Gasteiger partial charge in [0.1, 0.15) is 18.2 Å². The van der Waals surface area contributed by atoms with Crippen LogP contribution in [0.2, 0.25) is 0 Å². The van der Waals surface area contributed by atoms with Gasteiger partial charge in [-0.25, -0.2) is 4.98 Å². The van der Waals surface area contributed by atoms with Gasteiger partial charge in [0.2, 0.25) is 5.91 Å². The number of hydrogen-bond donors (Lipinski definition) is 1. The summed E-state index contributed by atoms with van der Waals surface area (Å²) in [5.41, 5.74) is 1.98. The number of nitrogens with zero attached hydrogens (tertiary/aromatic N) is 5. The average Bonchev–Trinajstić information content (AvgIpc) is 3.22. The van der Waals surface area contributed by atoms with Gasteiger partial charge in [0.25, 0.3) is 0 Å². The molecule has 4 rings (SSSR count). The Balaban J connectivity index is 1.22. The summed E-state index contributed by atoms with van der Waals surface area (Å²) in [6.07, 6.45) is 7.01. The quantitative estimate of drug-likeness (QED) is 0.593. The number of piperazine rings is 1. The number of benzene rings is 1. The van der Waals surface area contributed by atoms with Crippen molar-refractivity contribution in [1.29, 1.82) is 0 Å². The number of amides is 1. The highest BCUT2D eigenvalue weighted by Crippen LogP contribution is 2.15. The second kappa shape index (κ2) is 9.99. The van der Waals surface area contributed by atoms with Crippen LogP contribution in [0.25, 0.3) is 6.08 Å². The molecule has 1 N–H and O–H groups in total. The van der Waals surface area contributed by atoms with E-state index in [0.717, 1.165) is 41.6 Å². The number of rotatable bonds is 7. The van der Waals surface area contributed by atoms with Crippen LogP contribution < -0.4 is 4.74 Å². The molecule has 160 valence electrons. The van der Waals surface area contributed by atoms with E-state index in [1.54, 1.807) is 18.5 Å². The summed E-state index contributed by atoms with van der Waals surface area (Å²) in [7, 11) is 0. The third kappa shape index (κ3) is 5.99. The largest absolute Gasteiger partial charge is 0.489 e. The molecular weight excluding hydrogens is 392 g/mol. The van der Waals surface area contributed by atoms with Crippen molar-refractivity contribution in [3.05, 3.63) is 77.6 Å². The summed E-state index contributed by atoms with van der Waals surface area (Å²) in [5.74, 6) is 2.43. The second-order valence-corrected chi connectivity index (χ2v) is 7.49. The third-order valence-corrected chi connectivity index (χ3v) is 5.12. The van der Waals surface area contributed by atoms with Gasteiger partial charge in [-0.15, -0.1) is 0 Å². The van der Waals surface area contributed by atoms with Crippen LogP contribution in [0.3, 0.4) is 0 Å². The molecule has 3 heterocycles. The Kier molecular flexibility index (Phi) is 6.68. The van der Waals surface area contributed by atoms with Gasteiger partial charge in [0, 0.05) is 50.2 Å². The number of carbonyl (C=O) groups is 1. The molecule has 0 radical (unpaired) electrons. The van der Waals surface area contributed by atoms with Gasteiger partial charge in [0.15, 0.2) is 5.82 Å². The number of carbonyl (C=O) groups excluding carboxylic acids is 1. The van der Waals surface area contributed by atoms with Gasteiger partial charge in [-0.1, -0.05) is 18.2 Å². The van der Waals surface area contributed by atoms with Crippen molar-refractivity contribution in [2.24, 2.45) is 0 Å². The molecule has 1 aliphatic rings. The maximum atomic E-state index is 12.5. The van der Waals surface area contributed by atoms with Crippen molar-refractivity contribution in [2.45, 2.75) is 20.1 Å². The summed E-state index contributed by atoms with van der Waals surface area (Å²) < 4.78 is 5.77. The molecule has 1 amide bonds. The van der Waals surface area contributed by atoms with Gasteiger partial charge in [-0.2, -0.15) is 5.10 Å². The summed E-state index contributed by atoms with van der Waals surface area (Å²) >= 11 is 0. The standard InChI is InChI=1S/C23H26N6O2/c1-18-25-22(27-26-18)16-28-11-13-29(14-12-28)23(30)9-6-19-4-7-21(8-5-19)31-17-20-3-2-10-24-15-20/h2-10,15H,11-14,16-17H2,1H3,(H,25,26,27)/b9-6+. The average molecular weight is 419 g/mol. The first-order valence-corrected chi connectivity index (χ1v) is 10.3. The van der Waals surface area contributed by atoms with Crippen molar-refractivity contribution >= 4 is 12.0 Å². The van der Waals surface area contributed by atoms with Gasteiger partial charge in [-0.3, -0.25) is 19.8 Å². The molecule has 3 aromatic rings. The van der Waals surface area contributed by atoms with E-state index in [-0.39, 0.29) is 5.91 Å². The minimum atomic E-state index is 0.0327. The van der Waals surface area contributed by atoms with Crippen molar-refractivity contribution in [3.8, 4) is 5.75 Å². The molecule has 0 atom stereocenters. The molecule has 0 bridgehead atoms. The molecule has 8 nitrogen and oxygen atoms in total. The smallest absolute Gasteiger partial charge is 0.246 e. The first-order valence-electron chi connectivity index (χ1n) is 10.3. The van der Waals surface area contributed by atoms with Crippen LogP contribution >= 0.6 is 0 Å². The Labute approximate surface area is 181 Å². The Morgan fingerprint density at radius 1 is 1.16 bits per heavy atom. The SMILES string of the molecule is Cc1nc(CN2CCN(C(=O)/C=C/c3ccc(OCc4cccnc4)cc3)CC2)n[nH]1. The van der Waals surface area contributed by atoms with Crippen LogP contribution in [0.5, 0.6) is 5.75 Å². The van der Waals surface area contributed by atoms with E-state index in [2.05, 4.69) is 25.1 Å². The number of aromatic amines is 1. The van der Waals surface area contributed by atoms with Crippen molar-refractivity contribution < 1.29 is 9.53 Å². The molecule has 1 aromatic carbocycles. The number of hydrogen-bond acceptors (Lipinski definition) is 6. The minimum absolute atomic E-state index is 0.0327. The van der Waals surface area contributed by atoms with Crippen LogP contribution in [0, 0.1) is 6.92 Å². The Morgan fingerprint density at radius 3 is 2.65 bits per heavy atom. The minimum Gasteiger partial charge on any atom is -0.489 e. The van der Waals surface area contributed by atoms with Crippen LogP contribution in [0.4, 0.5) is 0 Å². The lowest BCUT2D eigenvalue weighted by Crippen LogP contribution is -2.47. The molecule has 2 aromatic heterocycles. The number of aromatic nitrogens is 4. The number of H-pyrrole nitrogens is 1. The zero-order valence-electron chi connectivity index (χ0n) is 17.6. The maximum absolute atomic E-state index is 12.5. The third-order valence-electron chi connectivity index (χ3n) is 5.12. The number of ether oxygens (including phenoxy) is 1. The van der Waals surface area contributed by atoms with Crippen molar-refractivity contribution in [1.82, 2.24) is 30.0 Å². The molecule has 8 heteroatoms. The molecule has 0 spiro atoms. The Bertz CT molecular complexity index is 1010. The fourth-order valence-corrected chi connectivity index (χ4v) is 3.38. The molecule has 1 saturated heterocycles. The predicted octanol–water partition coefficient (Wildman–Crippen LogP) is 2.44. The zero-order chi connectivity index (χ0) is 21.5. The summed E-state index contributed by atoms with van der Waals surface area (Å²) in [6.45, 7) is 6.11. The maximum Gasteiger partial charge on any atom is 0.246 e. The summed E-state index contributed by atoms with van der Waals surface area (Å²) in [5, 5.41) is 7.04. The lowest BCUT2D eigenvalue weighted by Gasteiger charge is -2.33. The molecule has 0 saturated carbocycles. The zero-order valence-corrected chi connectivity index (χ0v) is 17.6. The van der Waals surface area contributed by atoms with Gasteiger partial charge >= 0.3 is 0 Å². The first-order chi connectivity index (χ1) is 15.2. The normalized spacial score (nSPS) is 14.8. The highest BCUT2D eigenvalue weighted by molar-refractivity contribution is 5.91. The monoisotopic (exact) mass is 418 g/mol. The second-order valence-electron chi connectivity index (χ2n) is 7.49. The molecule has 0 unspecified atom stereocenters. The molecule has 1 fully saturated rings. The van der Waals surface area contributed by atoms with E-state index in [1.165, 1.54) is 0 Å². The Hall–Kier alpha value is -3.52. The number of nitrogens with one attached hydrogen (secondary N) is 1. The first kappa shape index (κ1) is 20.7. The van der Waals surface area contributed by atoms with Crippen LogP contribution in [-0.4, -0.2) is 62.1 Å². The topological polar surface area (TPSA) is 87.2 Å². The van der Waals surface area contributed by atoms with E-state index in [9.17, 15) is 4.79 Å². The Morgan fingerprint density at radius 2 is 1.97 bits per heavy atom. The van der Waals surface area contributed by atoms with Crippen LogP contribution in [0.1, 0.15) is 22.8 Å². The lowest BCUT2D eigenvalue weighted by molar-refractivity contribution is -0.127. The highest BCUT2D eigenvalue weighted by Gasteiger charge is 2.20. The summed E-state index contributed by atoms with van der Waals surface area (Å²) in [6, 6.07) is 11.6. The number of aryl methyl sites for hydroxylation is 1. The van der Waals surface area contributed by atoms with E-state index < -0.39 is 0 Å². The van der Waals surface area contributed by atoms with Gasteiger partial charge in [-0.05, 0) is 36.8 Å². The van der Waals surface area contributed by atoms with E-state index in [1.807, 2.05) is 54.3 Å². The molecule has 31 heavy (non-hydrogen) atoms. The molecule has 1 aliphatic heterocycles.